The number of alkyl carbamates (subject to hydrolysis) is 1. The minimum absolute atomic E-state index is 0.00782. The maximum Gasteiger partial charge on any atom is 0.407 e. The topological polar surface area (TPSA) is 85.0 Å². The van der Waals surface area contributed by atoms with Gasteiger partial charge >= 0.3 is 6.09 Å². The SMILES string of the molecule is CC.CC(C)(C)OC(=O)NC1CCN(c2ccc(Nc3ccc(OCc4ccccc4)nc3OCc3ccccc3)cc2F)CC1. The van der Waals surface area contributed by atoms with Gasteiger partial charge in [0, 0.05) is 30.9 Å². The molecule has 244 valence electrons. The van der Waals surface area contributed by atoms with Gasteiger partial charge in [-0.3, -0.25) is 0 Å². The Labute approximate surface area is 271 Å². The van der Waals surface area contributed by atoms with E-state index in [-0.39, 0.29) is 11.9 Å². The summed E-state index contributed by atoms with van der Waals surface area (Å²) in [6.07, 6.45) is 0.978. The second kappa shape index (κ2) is 16.5. The van der Waals surface area contributed by atoms with E-state index in [0.717, 1.165) is 11.1 Å². The molecule has 2 heterocycles. The van der Waals surface area contributed by atoms with Crippen LogP contribution in [0.2, 0.25) is 0 Å². The van der Waals surface area contributed by atoms with E-state index in [9.17, 15) is 4.79 Å². The third-order valence-corrected chi connectivity index (χ3v) is 7.07. The molecule has 1 amide bonds. The van der Waals surface area contributed by atoms with Crippen molar-refractivity contribution in [1.82, 2.24) is 10.3 Å². The van der Waals surface area contributed by atoms with E-state index in [1.165, 1.54) is 6.07 Å². The number of nitrogens with zero attached hydrogens (tertiary/aromatic N) is 2. The van der Waals surface area contributed by atoms with E-state index >= 15 is 4.39 Å². The molecular formula is C37H45FN4O4. The highest BCUT2D eigenvalue weighted by Crippen LogP contribution is 2.32. The number of pyridine rings is 1. The van der Waals surface area contributed by atoms with Gasteiger partial charge in [-0.1, -0.05) is 74.5 Å². The van der Waals surface area contributed by atoms with Crippen LogP contribution >= 0.6 is 0 Å². The van der Waals surface area contributed by atoms with Crippen LogP contribution in [0, 0.1) is 5.82 Å². The quantitative estimate of drug-likeness (QED) is 0.182. The summed E-state index contributed by atoms with van der Waals surface area (Å²) >= 11 is 0. The molecule has 1 aliphatic heterocycles. The molecule has 3 aromatic carbocycles. The van der Waals surface area contributed by atoms with Crippen LogP contribution in [-0.4, -0.2) is 35.8 Å². The molecule has 1 fully saturated rings. The first-order valence-electron chi connectivity index (χ1n) is 15.9. The Morgan fingerprint density at radius 1 is 0.870 bits per heavy atom. The minimum Gasteiger partial charge on any atom is -0.473 e. The van der Waals surface area contributed by atoms with E-state index < -0.39 is 11.7 Å². The van der Waals surface area contributed by atoms with Crippen LogP contribution in [0.3, 0.4) is 0 Å². The standard InChI is InChI=1S/C35H39FN4O4.C2H6/c1-35(2,3)44-34(41)38-27-18-20-40(21-19-27)31-16-14-28(22-29(31)36)37-30-15-17-32(42-23-25-10-6-4-7-11-25)39-33(30)43-24-26-12-8-5-9-13-26;1-2/h4-17,22,27,37H,18-21,23-24H2,1-3H3,(H,38,41);1-2H3. The Balaban J connectivity index is 0.00000235. The number of benzene rings is 3. The normalized spacial score (nSPS) is 13.2. The van der Waals surface area contributed by atoms with Crippen LogP contribution in [0.1, 0.15) is 58.6 Å². The second-order valence-corrected chi connectivity index (χ2v) is 11.7. The van der Waals surface area contributed by atoms with Gasteiger partial charge in [0.2, 0.25) is 11.8 Å². The summed E-state index contributed by atoms with van der Waals surface area (Å²) in [5.41, 5.74) is 3.16. The molecular weight excluding hydrogens is 583 g/mol. The molecule has 0 bridgehead atoms. The van der Waals surface area contributed by atoms with Gasteiger partial charge in [0.25, 0.3) is 0 Å². The molecule has 1 aromatic heterocycles. The number of anilines is 3. The summed E-state index contributed by atoms with van der Waals surface area (Å²) in [7, 11) is 0. The van der Waals surface area contributed by atoms with Crippen LogP contribution < -0.4 is 25.0 Å². The number of halogens is 1. The second-order valence-electron chi connectivity index (χ2n) is 11.7. The third kappa shape index (κ3) is 10.4. The number of amides is 1. The fraction of sp³-hybridized carbons (Fsp3) is 0.351. The van der Waals surface area contributed by atoms with Crippen molar-refractivity contribution in [2.45, 2.75) is 72.3 Å². The number of ether oxygens (including phenoxy) is 3. The highest BCUT2D eigenvalue weighted by Gasteiger charge is 2.25. The number of hydrogen-bond acceptors (Lipinski definition) is 7. The smallest absolute Gasteiger partial charge is 0.407 e. The molecule has 4 aromatic rings. The number of carbonyl (C=O) groups is 1. The molecule has 0 radical (unpaired) electrons. The summed E-state index contributed by atoms with van der Waals surface area (Å²) < 4.78 is 32.8. The molecule has 0 unspecified atom stereocenters. The maximum absolute atomic E-state index is 15.4. The Kier molecular flexibility index (Phi) is 12.2. The average Bonchev–Trinajstić information content (AvgIpc) is 3.05. The summed E-state index contributed by atoms with van der Waals surface area (Å²) in [6, 6.07) is 28.3. The molecule has 1 aliphatic rings. The zero-order valence-electron chi connectivity index (χ0n) is 27.4. The predicted octanol–water partition coefficient (Wildman–Crippen LogP) is 8.64. The maximum atomic E-state index is 15.4. The fourth-order valence-electron chi connectivity index (χ4n) is 4.90. The lowest BCUT2D eigenvalue weighted by Crippen LogP contribution is -2.46. The Morgan fingerprint density at radius 2 is 1.48 bits per heavy atom. The van der Waals surface area contributed by atoms with Crippen molar-refractivity contribution in [3.63, 3.8) is 0 Å². The van der Waals surface area contributed by atoms with E-state index in [0.29, 0.717) is 68.0 Å². The number of rotatable bonds is 10. The van der Waals surface area contributed by atoms with Gasteiger partial charge in [-0.05, 0) is 69.0 Å². The lowest BCUT2D eigenvalue weighted by molar-refractivity contribution is 0.0497. The first-order valence-corrected chi connectivity index (χ1v) is 15.9. The monoisotopic (exact) mass is 628 g/mol. The van der Waals surface area contributed by atoms with Crippen molar-refractivity contribution in [1.29, 1.82) is 0 Å². The summed E-state index contributed by atoms with van der Waals surface area (Å²) in [4.78, 5) is 18.7. The highest BCUT2D eigenvalue weighted by atomic mass is 19.1. The number of piperidine rings is 1. The molecule has 0 spiro atoms. The van der Waals surface area contributed by atoms with Crippen LogP contribution in [0.4, 0.5) is 26.2 Å². The van der Waals surface area contributed by atoms with Crippen LogP contribution in [0.15, 0.2) is 91.0 Å². The number of carbonyl (C=O) groups excluding carboxylic acids is 1. The predicted molar refractivity (Wildman–Crippen MR) is 181 cm³/mol. The van der Waals surface area contributed by atoms with Crippen molar-refractivity contribution in [3.8, 4) is 11.8 Å². The first kappa shape index (κ1) is 34.1. The van der Waals surface area contributed by atoms with Crippen molar-refractivity contribution in [2.24, 2.45) is 0 Å². The van der Waals surface area contributed by atoms with Crippen molar-refractivity contribution in [2.75, 3.05) is 23.3 Å². The van der Waals surface area contributed by atoms with E-state index in [1.54, 1.807) is 12.1 Å². The molecule has 0 aliphatic carbocycles. The molecule has 9 heteroatoms. The van der Waals surface area contributed by atoms with Crippen molar-refractivity contribution >= 4 is 23.2 Å². The summed E-state index contributed by atoms with van der Waals surface area (Å²) in [5.74, 6) is 0.438. The van der Waals surface area contributed by atoms with Gasteiger partial charge in [-0.25, -0.2) is 9.18 Å². The van der Waals surface area contributed by atoms with Gasteiger partial charge in [-0.15, -0.1) is 0 Å². The molecule has 46 heavy (non-hydrogen) atoms. The Hall–Kier alpha value is -4.79. The van der Waals surface area contributed by atoms with E-state index in [4.69, 9.17) is 14.2 Å². The van der Waals surface area contributed by atoms with Gasteiger partial charge in [0.1, 0.15) is 30.3 Å². The van der Waals surface area contributed by atoms with Crippen LogP contribution in [-0.2, 0) is 18.0 Å². The average molecular weight is 629 g/mol. The van der Waals surface area contributed by atoms with Crippen molar-refractivity contribution in [3.05, 3.63) is 108 Å². The molecule has 1 saturated heterocycles. The zero-order chi connectivity index (χ0) is 32.9. The molecule has 0 atom stereocenters. The molecule has 5 rings (SSSR count). The number of aromatic nitrogens is 1. The van der Waals surface area contributed by atoms with Gasteiger partial charge in [0.15, 0.2) is 0 Å². The van der Waals surface area contributed by atoms with Crippen LogP contribution in [0.5, 0.6) is 11.8 Å². The largest absolute Gasteiger partial charge is 0.473 e. The third-order valence-electron chi connectivity index (χ3n) is 7.07. The van der Waals surface area contributed by atoms with E-state index in [2.05, 4.69) is 15.6 Å². The molecule has 8 nitrogen and oxygen atoms in total. The zero-order valence-corrected chi connectivity index (χ0v) is 27.4. The van der Waals surface area contributed by atoms with Gasteiger partial charge in [0.05, 0.1) is 5.69 Å². The van der Waals surface area contributed by atoms with Crippen molar-refractivity contribution < 1.29 is 23.4 Å². The number of nitrogens with one attached hydrogen (secondary N) is 2. The lowest BCUT2D eigenvalue weighted by Gasteiger charge is -2.34. The first-order chi connectivity index (χ1) is 22.2. The van der Waals surface area contributed by atoms with Gasteiger partial charge < -0.3 is 29.7 Å². The summed E-state index contributed by atoms with van der Waals surface area (Å²) in [6.45, 7) is 11.4. The Bertz CT molecular complexity index is 1520. The highest BCUT2D eigenvalue weighted by molar-refractivity contribution is 5.69. The molecule has 0 saturated carbocycles. The minimum atomic E-state index is -0.549. The van der Waals surface area contributed by atoms with E-state index in [1.807, 2.05) is 112 Å². The molecule has 2 N–H and O–H groups in total. The van der Waals surface area contributed by atoms with Gasteiger partial charge in [-0.2, -0.15) is 4.98 Å². The van der Waals surface area contributed by atoms with Crippen LogP contribution in [0.25, 0.3) is 0 Å². The number of hydrogen-bond donors (Lipinski definition) is 2. The summed E-state index contributed by atoms with van der Waals surface area (Å²) in [5, 5.41) is 6.19. The lowest BCUT2D eigenvalue weighted by atomic mass is 10.0. The fourth-order valence-corrected chi connectivity index (χ4v) is 4.90. The Morgan fingerprint density at radius 3 is 2.07 bits per heavy atom.